The molecule has 0 fully saturated rings. The number of amides is 1. The number of aryl methyl sites for hydroxylation is 2. The minimum atomic E-state index is -0.000224. The molecule has 1 amide bonds. The second-order valence-corrected chi connectivity index (χ2v) is 5.97. The van der Waals surface area contributed by atoms with Crippen molar-refractivity contribution in [1.82, 2.24) is 14.9 Å². The molecule has 0 aliphatic heterocycles. The van der Waals surface area contributed by atoms with Crippen LogP contribution in [-0.4, -0.2) is 22.0 Å². The molecule has 0 saturated carbocycles. The van der Waals surface area contributed by atoms with E-state index in [-0.39, 0.29) is 5.91 Å². The van der Waals surface area contributed by atoms with E-state index in [2.05, 4.69) is 33.1 Å². The summed E-state index contributed by atoms with van der Waals surface area (Å²) < 4.78 is 2.08. The van der Waals surface area contributed by atoms with Crippen molar-refractivity contribution in [3.05, 3.63) is 52.0 Å². The Morgan fingerprint density at radius 1 is 1.38 bits per heavy atom. The van der Waals surface area contributed by atoms with Crippen LogP contribution in [0.15, 0.2) is 35.7 Å². The summed E-state index contributed by atoms with van der Waals surface area (Å²) in [6.07, 6.45) is 0.808. The number of carbonyl (C=O) groups excluding carboxylic acids is 1. The van der Waals surface area contributed by atoms with Gasteiger partial charge in [-0.25, -0.2) is 4.98 Å². The third-order valence-corrected chi connectivity index (χ3v) is 4.48. The van der Waals surface area contributed by atoms with Crippen LogP contribution in [0.4, 0.5) is 0 Å². The molecular weight excluding hydrogens is 282 g/mol. The van der Waals surface area contributed by atoms with Crippen molar-refractivity contribution in [3.8, 4) is 0 Å². The molecule has 3 aromatic rings. The van der Waals surface area contributed by atoms with Crippen LogP contribution in [0.5, 0.6) is 0 Å². The minimum Gasteiger partial charge on any atom is -0.351 e. The molecule has 0 aliphatic rings. The highest BCUT2D eigenvalue weighted by Crippen LogP contribution is 2.16. The molecule has 0 saturated heterocycles. The number of rotatable bonds is 4. The number of hydrogen-bond donors (Lipinski definition) is 1. The molecule has 0 bridgehead atoms. The molecule has 1 aromatic carbocycles. The predicted octanol–water partition coefficient (Wildman–Crippen LogP) is 2.92. The molecule has 1 N–H and O–H groups in total. The van der Waals surface area contributed by atoms with Crippen LogP contribution in [0.1, 0.15) is 21.1 Å². The Bertz CT molecular complexity index is 774. The van der Waals surface area contributed by atoms with Gasteiger partial charge in [0.15, 0.2) is 0 Å². The van der Waals surface area contributed by atoms with E-state index in [9.17, 15) is 4.79 Å². The lowest BCUT2D eigenvalue weighted by atomic mass is 10.1. The maximum atomic E-state index is 11.8. The molecule has 0 radical (unpaired) electrons. The van der Waals surface area contributed by atoms with Gasteiger partial charge in [0.25, 0.3) is 5.91 Å². The van der Waals surface area contributed by atoms with E-state index in [4.69, 9.17) is 0 Å². The zero-order valence-electron chi connectivity index (χ0n) is 12.1. The van der Waals surface area contributed by atoms with Gasteiger partial charge >= 0.3 is 0 Å². The molecule has 0 unspecified atom stereocenters. The lowest BCUT2D eigenvalue weighted by Crippen LogP contribution is -2.24. The third-order valence-electron chi connectivity index (χ3n) is 3.61. The van der Waals surface area contributed by atoms with E-state index < -0.39 is 0 Å². The number of nitrogens with zero attached hydrogens (tertiary/aromatic N) is 2. The Kier molecular flexibility index (Phi) is 3.75. The van der Waals surface area contributed by atoms with Gasteiger partial charge in [-0.2, -0.15) is 0 Å². The average molecular weight is 299 g/mol. The van der Waals surface area contributed by atoms with Gasteiger partial charge in [-0.3, -0.25) is 4.79 Å². The maximum Gasteiger partial charge on any atom is 0.261 e. The van der Waals surface area contributed by atoms with Crippen molar-refractivity contribution >= 4 is 28.3 Å². The first kappa shape index (κ1) is 13.8. The number of thiophene rings is 1. The van der Waals surface area contributed by atoms with Crippen LogP contribution in [0.3, 0.4) is 0 Å². The van der Waals surface area contributed by atoms with E-state index in [1.54, 1.807) is 0 Å². The highest BCUT2D eigenvalue weighted by molar-refractivity contribution is 7.12. The number of nitrogens with one attached hydrogen (secondary N) is 1. The minimum absolute atomic E-state index is 0.000224. The zero-order valence-corrected chi connectivity index (χ0v) is 12.9. The summed E-state index contributed by atoms with van der Waals surface area (Å²) in [5.41, 5.74) is 3.34. The van der Waals surface area contributed by atoms with Crippen LogP contribution in [0.25, 0.3) is 11.0 Å². The Labute approximate surface area is 127 Å². The largest absolute Gasteiger partial charge is 0.351 e. The van der Waals surface area contributed by atoms with Crippen LogP contribution in [-0.2, 0) is 13.5 Å². The normalized spacial score (nSPS) is 11.0. The van der Waals surface area contributed by atoms with Gasteiger partial charge in [0.05, 0.1) is 15.9 Å². The number of benzene rings is 1. The van der Waals surface area contributed by atoms with E-state index >= 15 is 0 Å². The lowest BCUT2D eigenvalue weighted by molar-refractivity contribution is 0.0958. The molecule has 0 aliphatic carbocycles. The summed E-state index contributed by atoms with van der Waals surface area (Å²) in [7, 11) is 2.02. The summed E-state index contributed by atoms with van der Waals surface area (Å²) in [5.74, 6) is 1.01. The highest BCUT2D eigenvalue weighted by atomic mass is 32.1. The fourth-order valence-electron chi connectivity index (χ4n) is 2.34. The second kappa shape index (κ2) is 5.69. The average Bonchev–Trinajstić information content (AvgIpc) is 3.09. The van der Waals surface area contributed by atoms with Gasteiger partial charge < -0.3 is 9.88 Å². The van der Waals surface area contributed by atoms with E-state index in [0.29, 0.717) is 6.54 Å². The molecule has 5 heteroatoms. The number of imidazole rings is 1. The molecule has 0 spiro atoms. The fourth-order valence-corrected chi connectivity index (χ4v) is 2.98. The summed E-state index contributed by atoms with van der Waals surface area (Å²) in [4.78, 5) is 17.1. The van der Waals surface area contributed by atoms with Crippen molar-refractivity contribution in [2.24, 2.45) is 7.05 Å². The quantitative estimate of drug-likeness (QED) is 0.805. The third kappa shape index (κ3) is 2.83. The fraction of sp³-hybridized carbons (Fsp3) is 0.250. The van der Waals surface area contributed by atoms with Gasteiger partial charge in [0, 0.05) is 13.6 Å². The lowest BCUT2D eigenvalue weighted by Gasteiger charge is -2.04. The van der Waals surface area contributed by atoms with Crippen molar-refractivity contribution in [2.75, 3.05) is 6.54 Å². The van der Waals surface area contributed by atoms with Gasteiger partial charge in [-0.15, -0.1) is 11.3 Å². The Morgan fingerprint density at radius 2 is 2.24 bits per heavy atom. The number of hydrogen-bond acceptors (Lipinski definition) is 3. The first-order chi connectivity index (χ1) is 10.1. The van der Waals surface area contributed by atoms with Gasteiger partial charge in [-0.05, 0) is 42.5 Å². The summed E-state index contributed by atoms with van der Waals surface area (Å²) in [6.45, 7) is 2.63. The SMILES string of the molecule is Cc1nc2cc(CCNC(=O)c3cccs3)ccc2n1C. The maximum absolute atomic E-state index is 11.8. The summed E-state index contributed by atoms with van der Waals surface area (Å²) >= 11 is 1.46. The standard InChI is InChI=1S/C16H17N3OS/c1-11-18-13-10-12(5-6-14(13)19(11)2)7-8-17-16(20)15-4-3-9-21-15/h3-6,9-10H,7-8H2,1-2H3,(H,17,20). The molecular formula is C16H17N3OS. The van der Waals surface area contributed by atoms with Gasteiger partial charge in [0.2, 0.25) is 0 Å². The van der Waals surface area contributed by atoms with Gasteiger partial charge in [-0.1, -0.05) is 12.1 Å². The van der Waals surface area contributed by atoms with Crippen LogP contribution in [0.2, 0.25) is 0 Å². The molecule has 108 valence electrons. The molecule has 3 rings (SSSR count). The van der Waals surface area contributed by atoms with Crippen molar-refractivity contribution < 1.29 is 4.79 Å². The van der Waals surface area contributed by atoms with E-state index in [1.807, 2.05) is 31.5 Å². The van der Waals surface area contributed by atoms with Crippen molar-refractivity contribution in [2.45, 2.75) is 13.3 Å². The zero-order chi connectivity index (χ0) is 14.8. The first-order valence-corrected chi connectivity index (χ1v) is 7.77. The number of fused-ring (bicyclic) bond motifs is 1. The summed E-state index contributed by atoms with van der Waals surface area (Å²) in [5, 5.41) is 4.85. The van der Waals surface area contributed by atoms with Gasteiger partial charge in [0.1, 0.15) is 5.82 Å². The van der Waals surface area contributed by atoms with E-state index in [1.165, 1.54) is 16.9 Å². The summed E-state index contributed by atoms with van der Waals surface area (Å²) in [6, 6.07) is 10.0. The molecule has 4 nitrogen and oxygen atoms in total. The van der Waals surface area contributed by atoms with E-state index in [0.717, 1.165) is 28.2 Å². The van der Waals surface area contributed by atoms with Crippen molar-refractivity contribution in [3.63, 3.8) is 0 Å². The molecule has 2 aromatic heterocycles. The highest BCUT2D eigenvalue weighted by Gasteiger charge is 2.07. The van der Waals surface area contributed by atoms with Crippen LogP contribution >= 0.6 is 11.3 Å². The second-order valence-electron chi connectivity index (χ2n) is 5.02. The topological polar surface area (TPSA) is 46.9 Å². The Morgan fingerprint density at radius 3 is 3.00 bits per heavy atom. The molecule has 21 heavy (non-hydrogen) atoms. The molecule has 0 atom stereocenters. The predicted molar refractivity (Wildman–Crippen MR) is 85.8 cm³/mol. The smallest absolute Gasteiger partial charge is 0.261 e. The molecule has 2 heterocycles. The monoisotopic (exact) mass is 299 g/mol. The Balaban J connectivity index is 1.64. The number of carbonyl (C=O) groups is 1. The van der Waals surface area contributed by atoms with Crippen LogP contribution < -0.4 is 5.32 Å². The van der Waals surface area contributed by atoms with Crippen LogP contribution in [0, 0.1) is 6.92 Å². The Hall–Kier alpha value is -2.14. The number of aromatic nitrogens is 2. The first-order valence-electron chi connectivity index (χ1n) is 6.89. The van der Waals surface area contributed by atoms with Crippen molar-refractivity contribution in [1.29, 1.82) is 0 Å².